The van der Waals surface area contributed by atoms with Crippen LogP contribution in [0.1, 0.15) is 39.3 Å². The van der Waals surface area contributed by atoms with Crippen molar-refractivity contribution in [3.63, 3.8) is 0 Å². The minimum absolute atomic E-state index is 0.0191. The summed E-state index contributed by atoms with van der Waals surface area (Å²) in [5.41, 5.74) is -1.58. The van der Waals surface area contributed by atoms with E-state index >= 15 is 0 Å². The number of pyridine rings is 1. The second-order valence-electron chi connectivity index (χ2n) is 9.43. The molecule has 13 nitrogen and oxygen atoms in total. The van der Waals surface area contributed by atoms with Crippen LogP contribution >= 0.6 is 0 Å². The summed E-state index contributed by atoms with van der Waals surface area (Å²) < 4.78 is 43.0. The Hall–Kier alpha value is -4.53. The highest BCUT2D eigenvalue weighted by atomic mass is 19.1. The van der Waals surface area contributed by atoms with Crippen LogP contribution in [0.15, 0.2) is 29.2 Å². The van der Waals surface area contributed by atoms with Gasteiger partial charge in [0.05, 0.1) is 6.54 Å². The van der Waals surface area contributed by atoms with Gasteiger partial charge in [0.1, 0.15) is 23.4 Å². The molecule has 212 valence electrons. The molecule has 0 saturated carbocycles. The van der Waals surface area contributed by atoms with Gasteiger partial charge in [-0.15, -0.1) is 0 Å². The Bertz CT molecular complexity index is 1450. The number of benzene rings is 1. The fraction of sp³-hybridized carbons (Fsp3) is 0.400. The smallest absolute Gasteiger partial charge is 0.479 e. The van der Waals surface area contributed by atoms with E-state index in [1.54, 1.807) is 4.90 Å². The van der Waals surface area contributed by atoms with Gasteiger partial charge in [0.2, 0.25) is 18.0 Å². The van der Waals surface area contributed by atoms with E-state index in [2.05, 4.69) is 19.7 Å². The van der Waals surface area contributed by atoms with Crippen LogP contribution in [-0.4, -0.2) is 82.1 Å². The molecule has 1 aromatic carbocycles. The van der Waals surface area contributed by atoms with Crippen LogP contribution in [0.2, 0.25) is 0 Å². The number of aromatic nitrogens is 1. The molecule has 0 spiro atoms. The Morgan fingerprint density at radius 2 is 1.93 bits per heavy atom. The van der Waals surface area contributed by atoms with Gasteiger partial charge in [-0.2, -0.15) is 0 Å². The van der Waals surface area contributed by atoms with E-state index in [0.29, 0.717) is 12.6 Å². The van der Waals surface area contributed by atoms with Crippen molar-refractivity contribution >= 4 is 23.9 Å². The van der Waals surface area contributed by atoms with Crippen molar-refractivity contribution in [2.75, 3.05) is 26.5 Å². The number of hydrogen-bond acceptors (Lipinski definition) is 9. The van der Waals surface area contributed by atoms with Gasteiger partial charge in [-0.05, 0) is 18.9 Å². The van der Waals surface area contributed by atoms with Gasteiger partial charge < -0.3 is 34.1 Å². The number of aliphatic carboxylic acids is 1. The van der Waals surface area contributed by atoms with Crippen LogP contribution in [0.3, 0.4) is 0 Å². The predicted molar refractivity (Wildman–Crippen MR) is 128 cm³/mol. The van der Waals surface area contributed by atoms with Crippen molar-refractivity contribution in [3.05, 3.63) is 63.1 Å². The fourth-order valence-corrected chi connectivity index (χ4v) is 5.24. The third-order valence-electron chi connectivity index (χ3n) is 7.03. The molecule has 4 heterocycles. The molecule has 0 aliphatic carbocycles. The highest BCUT2D eigenvalue weighted by Crippen LogP contribution is 2.35. The summed E-state index contributed by atoms with van der Waals surface area (Å²) in [6, 6.07) is 3.00. The second-order valence-corrected chi connectivity index (χ2v) is 9.43. The molecule has 3 aliphatic heterocycles. The largest absolute Gasteiger partial charge is 0.511 e. The summed E-state index contributed by atoms with van der Waals surface area (Å²) in [5, 5.41) is 11.0. The summed E-state index contributed by atoms with van der Waals surface area (Å²) in [6.07, 6.45) is 1.43. The van der Waals surface area contributed by atoms with Gasteiger partial charge in [0.25, 0.3) is 11.8 Å². The monoisotopic (exact) mass is 562 g/mol. The number of nitrogens with zero attached hydrogens (tertiary/aromatic N) is 3. The summed E-state index contributed by atoms with van der Waals surface area (Å²) in [6.45, 7) is -0.762. The number of fused-ring (bicyclic) bond motifs is 4. The zero-order valence-corrected chi connectivity index (χ0v) is 20.9. The van der Waals surface area contributed by atoms with Gasteiger partial charge in [0, 0.05) is 43.5 Å². The van der Waals surface area contributed by atoms with Gasteiger partial charge >= 0.3 is 12.1 Å². The van der Waals surface area contributed by atoms with Gasteiger partial charge in [-0.1, -0.05) is 6.07 Å². The van der Waals surface area contributed by atoms with Crippen LogP contribution in [0, 0.1) is 11.6 Å². The van der Waals surface area contributed by atoms with Crippen LogP contribution < -0.4 is 15.5 Å². The first-order valence-corrected chi connectivity index (χ1v) is 12.3. The molecule has 3 aliphatic rings. The SMILES string of the molecule is O=C(O)COC(=O)OCOc1c2n(cc(C(=O)NCc3ccc(F)cc3F)c1=O)C[C@@H]1N(C[C@H]3CCCN31)C2=O. The van der Waals surface area contributed by atoms with E-state index < -0.39 is 65.7 Å². The molecule has 0 bridgehead atoms. The molecule has 0 unspecified atom stereocenters. The molecule has 5 rings (SSSR count). The molecule has 2 fully saturated rings. The number of halogens is 2. The number of rotatable bonds is 8. The quantitative estimate of drug-likeness (QED) is 0.350. The molecule has 2 N–H and O–H groups in total. The van der Waals surface area contributed by atoms with Crippen molar-refractivity contribution < 1.29 is 47.3 Å². The number of carbonyl (C=O) groups excluding carboxylic acids is 3. The lowest BCUT2D eigenvalue weighted by molar-refractivity contribution is -0.141. The first-order valence-electron chi connectivity index (χ1n) is 12.3. The molecule has 2 saturated heterocycles. The molecule has 2 amide bonds. The van der Waals surface area contributed by atoms with Crippen LogP contribution in [0.25, 0.3) is 0 Å². The van der Waals surface area contributed by atoms with E-state index in [1.807, 2.05) is 0 Å². The molecular weight excluding hydrogens is 538 g/mol. The molecule has 2 aromatic rings. The van der Waals surface area contributed by atoms with E-state index in [4.69, 9.17) is 9.84 Å². The predicted octanol–water partition coefficient (Wildman–Crippen LogP) is 0.890. The minimum Gasteiger partial charge on any atom is -0.479 e. The highest BCUT2D eigenvalue weighted by molar-refractivity contribution is 5.99. The zero-order chi connectivity index (χ0) is 28.6. The van der Waals surface area contributed by atoms with Crippen molar-refractivity contribution in [3.8, 4) is 5.75 Å². The lowest BCUT2D eigenvalue weighted by atomic mass is 10.1. The molecular formula is C25H24F2N4O9. The lowest BCUT2D eigenvalue weighted by Gasteiger charge is -2.36. The molecule has 15 heteroatoms. The van der Waals surface area contributed by atoms with Gasteiger partial charge in [-0.25, -0.2) is 18.4 Å². The number of nitrogens with one attached hydrogen (secondary N) is 1. The third kappa shape index (κ3) is 5.19. The molecule has 1 aromatic heterocycles. The number of hydrogen-bond donors (Lipinski definition) is 2. The number of carbonyl (C=O) groups is 4. The first-order chi connectivity index (χ1) is 19.1. The zero-order valence-electron chi connectivity index (χ0n) is 20.9. The number of amides is 2. The van der Waals surface area contributed by atoms with Gasteiger partial charge in [-0.3, -0.25) is 19.3 Å². The topological polar surface area (TPSA) is 157 Å². The van der Waals surface area contributed by atoms with Crippen molar-refractivity contribution in [2.45, 2.75) is 38.1 Å². The molecule has 0 radical (unpaired) electrons. The standard InChI is InChI=1S/C25H24F2N4O9/c26-14-4-3-13(17(27)6-14)7-28-23(35)16-9-29-10-18-30-5-1-2-15(30)8-31(18)24(36)20(29)22(21(16)34)39-12-40-25(37)38-11-19(32)33/h3-4,6,9,15,18H,1-2,5,7-8,10-12H2,(H,28,35)(H,32,33)/t15-,18+/m1/s1. The minimum atomic E-state index is -1.42. The number of carboxylic acids is 1. The van der Waals surface area contributed by atoms with Crippen molar-refractivity contribution in [1.29, 1.82) is 0 Å². The summed E-state index contributed by atoms with van der Waals surface area (Å²) in [5.74, 6) is -5.06. The maximum absolute atomic E-state index is 14.0. The summed E-state index contributed by atoms with van der Waals surface area (Å²) >= 11 is 0. The van der Waals surface area contributed by atoms with Gasteiger partial charge in [0.15, 0.2) is 12.3 Å². The molecule has 40 heavy (non-hydrogen) atoms. The third-order valence-corrected chi connectivity index (χ3v) is 7.03. The Balaban J connectivity index is 1.42. The Kier molecular flexibility index (Phi) is 7.38. The Morgan fingerprint density at radius 1 is 1.12 bits per heavy atom. The van der Waals surface area contributed by atoms with E-state index in [1.165, 1.54) is 10.8 Å². The lowest BCUT2D eigenvalue weighted by Crippen LogP contribution is -2.50. The highest BCUT2D eigenvalue weighted by Gasteiger charge is 2.48. The second kappa shape index (κ2) is 10.9. The average molecular weight is 562 g/mol. The average Bonchev–Trinajstić information content (AvgIpc) is 3.50. The molecule has 2 atom stereocenters. The summed E-state index contributed by atoms with van der Waals surface area (Å²) in [7, 11) is 0. The van der Waals surface area contributed by atoms with E-state index in [0.717, 1.165) is 31.5 Å². The van der Waals surface area contributed by atoms with E-state index in [-0.39, 0.29) is 36.6 Å². The van der Waals surface area contributed by atoms with Crippen molar-refractivity contribution in [2.24, 2.45) is 0 Å². The van der Waals surface area contributed by atoms with Crippen LogP contribution in [-0.2, 0) is 27.4 Å². The van der Waals surface area contributed by atoms with Crippen LogP contribution in [0.5, 0.6) is 5.75 Å². The van der Waals surface area contributed by atoms with E-state index in [9.17, 15) is 32.8 Å². The number of carboxylic acid groups (broad SMARTS) is 1. The van der Waals surface area contributed by atoms with Crippen molar-refractivity contribution in [1.82, 2.24) is 19.7 Å². The van der Waals surface area contributed by atoms with Crippen LogP contribution in [0.4, 0.5) is 13.6 Å². The normalized spacial score (nSPS) is 19.4. The Labute approximate surface area is 224 Å². The maximum atomic E-state index is 14.0. The number of ether oxygens (including phenoxy) is 3. The fourth-order valence-electron chi connectivity index (χ4n) is 5.24. The summed E-state index contributed by atoms with van der Waals surface area (Å²) in [4.78, 5) is 65.9. The first kappa shape index (κ1) is 27.1. The maximum Gasteiger partial charge on any atom is 0.511 e. The Morgan fingerprint density at radius 3 is 2.67 bits per heavy atom.